The molecule has 1 heterocycles. The van der Waals surface area contributed by atoms with Gasteiger partial charge in [0.15, 0.2) is 16.6 Å². The lowest BCUT2D eigenvalue weighted by molar-refractivity contribution is 0.0949. The molecule has 0 bridgehead atoms. The number of fused-ring (bicyclic) bond motifs is 1. The molecule has 0 saturated heterocycles. The van der Waals surface area contributed by atoms with Crippen molar-refractivity contribution in [2.45, 2.75) is 31.7 Å². The summed E-state index contributed by atoms with van der Waals surface area (Å²) < 4.78 is 6.71. The maximum atomic E-state index is 12.7. The van der Waals surface area contributed by atoms with Crippen LogP contribution >= 0.6 is 28.3 Å². The van der Waals surface area contributed by atoms with Gasteiger partial charge in [0.05, 0.1) is 13.2 Å². The van der Waals surface area contributed by atoms with Crippen LogP contribution in [0.15, 0.2) is 24.3 Å². The molecule has 1 aromatic heterocycles. The zero-order chi connectivity index (χ0) is 16.4. The van der Waals surface area contributed by atoms with Crippen LogP contribution < -0.4 is 9.54 Å². The molecular formula is C17H18BrN3O2S. The van der Waals surface area contributed by atoms with Crippen molar-refractivity contribution in [1.82, 2.24) is 4.57 Å². The third-order valence-electron chi connectivity index (χ3n) is 4.12. The van der Waals surface area contributed by atoms with Crippen LogP contribution in [0.5, 0.6) is 5.75 Å². The lowest BCUT2D eigenvalue weighted by atomic mass is 10.0. The number of rotatable bonds is 4. The number of ether oxygens (including phenoxy) is 1. The highest BCUT2D eigenvalue weighted by Crippen LogP contribution is 2.27. The predicted octanol–water partition coefficient (Wildman–Crippen LogP) is 3.44. The van der Waals surface area contributed by atoms with Gasteiger partial charge >= 0.3 is 0 Å². The molecule has 2 aromatic rings. The minimum Gasteiger partial charge on any atom is -0.497 e. The second-order valence-corrected chi connectivity index (χ2v) is 6.56. The van der Waals surface area contributed by atoms with Crippen molar-refractivity contribution in [1.29, 1.82) is 10.7 Å². The van der Waals surface area contributed by atoms with Crippen molar-refractivity contribution in [3.05, 3.63) is 45.2 Å². The van der Waals surface area contributed by atoms with Gasteiger partial charge in [-0.3, -0.25) is 14.8 Å². The van der Waals surface area contributed by atoms with E-state index in [0.29, 0.717) is 11.3 Å². The number of benzene rings is 1. The van der Waals surface area contributed by atoms with E-state index in [4.69, 9.17) is 10.1 Å². The largest absolute Gasteiger partial charge is 0.497 e. The summed E-state index contributed by atoms with van der Waals surface area (Å²) >= 11 is 1.39. The van der Waals surface area contributed by atoms with E-state index < -0.39 is 6.04 Å². The topological polar surface area (TPSA) is 78.9 Å². The number of aromatic nitrogens is 1. The first kappa shape index (κ1) is 18.4. The van der Waals surface area contributed by atoms with Gasteiger partial charge in [-0.1, -0.05) is 0 Å². The fourth-order valence-corrected chi connectivity index (χ4v) is 4.05. The van der Waals surface area contributed by atoms with Crippen LogP contribution in [-0.4, -0.2) is 17.5 Å². The first-order valence-corrected chi connectivity index (χ1v) is 8.33. The molecule has 1 atom stereocenters. The number of hydrogen-bond donors (Lipinski definition) is 1. The van der Waals surface area contributed by atoms with Crippen LogP contribution in [0.3, 0.4) is 0 Å². The second kappa shape index (κ2) is 7.77. The number of carbonyl (C=O) groups excluding carboxylic acids is 1. The molecule has 1 aliphatic carbocycles. The molecule has 126 valence electrons. The van der Waals surface area contributed by atoms with E-state index >= 15 is 0 Å². The molecule has 7 heteroatoms. The van der Waals surface area contributed by atoms with Crippen molar-refractivity contribution in [3.8, 4) is 11.8 Å². The third-order valence-corrected chi connectivity index (χ3v) is 5.20. The van der Waals surface area contributed by atoms with Gasteiger partial charge in [-0.05, 0) is 49.9 Å². The zero-order valence-corrected chi connectivity index (χ0v) is 15.8. The molecule has 3 rings (SSSR count). The molecule has 0 radical (unpaired) electrons. The minimum absolute atomic E-state index is 0. The smallest absolute Gasteiger partial charge is 0.200 e. The number of Topliss-reactive ketones (excluding diaryl/α,β-unsaturated/α-hetero) is 1. The van der Waals surface area contributed by atoms with Crippen LogP contribution in [0.2, 0.25) is 0 Å². The maximum absolute atomic E-state index is 12.7. The SMILES string of the molecule is Br.COc1ccc(C(=O)C(C#N)n2c3c(sc2=N)CCCC3)cc1. The highest BCUT2D eigenvalue weighted by Gasteiger charge is 2.27. The minimum atomic E-state index is -0.978. The van der Waals surface area contributed by atoms with Crippen molar-refractivity contribution >= 4 is 34.1 Å². The predicted molar refractivity (Wildman–Crippen MR) is 97.1 cm³/mol. The van der Waals surface area contributed by atoms with E-state index in [0.717, 1.165) is 36.3 Å². The van der Waals surface area contributed by atoms with Crippen LogP contribution in [0, 0.1) is 16.7 Å². The Hall–Kier alpha value is -1.91. The van der Waals surface area contributed by atoms with Crippen molar-refractivity contribution in [2.75, 3.05) is 7.11 Å². The molecule has 0 saturated carbocycles. The number of carbonyl (C=O) groups is 1. The molecule has 0 amide bonds. The Balaban J connectivity index is 0.00000208. The second-order valence-electron chi connectivity index (χ2n) is 5.48. The Morgan fingerprint density at radius 2 is 2.00 bits per heavy atom. The summed E-state index contributed by atoms with van der Waals surface area (Å²) in [5.74, 6) is 0.386. The Labute approximate surface area is 154 Å². The summed E-state index contributed by atoms with van der Waals surface area (Å²) in [4.78, 5) is 14.2. The van der Waals surface area contributed by atoms with Gasteiger partial charge in [-0.15, -0.1) is 28.3 Å². The number of halogens is 1. The fraction of sp³-hybridized carbons (Fsp3) is 0.353. The Morgan fingerprint density at radius 3 is 2.62 bits per heavy atom. The van der Waals surface area contributed by atoms with Gasteiger partial charge in [0.25, 0.3) is 0 Å². The lowest BCUT2D eigenvalue weighted by Crippen LogP contribution is -2.28. The molecule has 0 spiro atoms. The molecule has 1 aliphatic rings. The van der Waals surface area contributed by atoms with Gasteiger partial charge in [0.2, 0.25) is 0 Å². The number of hydrogen-bond acceptors (Lipinski definition) is 5. The maximum Gasteiger partial charge on any atom is 0.200 e. The van der Waals surface area contributed by atoms with Crippen molar-refractivity contribution < 1.29 is 9.53 Å². The van der Waals surface area contributed by atoms with E-state index in [1.54, 1.807) is 35.9 Å². The van der Waals surface area contributed by atoms with Gasteiger partial charge in [0.1, 0.15) is 5.75 Å². The highest BCUT2D eigenvalue weighted by atomic mass is 79.9. The first-order valence-electron chi connectivity index (χ1n) is 7.51. The summed E-state index contributed by atoms with van der Waals surface area (Å²) in [7, 11) is 1.56. The van der Waals surface area contributed by atoms with E-state index in [9.17, 15) is 10.1 Å². The number of ketones is 1. The summed E-state index contributed by atoms with van der Waals surface area (Å²) in [6.45, 7) is 0. The standard InChI is InChI=1S/C17H17N3O2S.BrH/c1-22-12-8-6-11(7-9-12)16(21)14(10-18)20-13-4-2-3-5-15(13)23-17(20)19;/h6-9,14,19H,2-5H2,1H3;1H. The van der Waals surface area contributed by atoms with Gasteiger partial charge in [0, 0.05) is 16.1 Å². The fourth-order valence-electron chi connectivity index (χ4n) is 2.93. The summed E-state index contributed by atoms with van der Waals surface area (Å²) in [5.41, 5.74) is 1.44. The van der Waals surface area contributed by atoms with Crippen LogP contribution in [-0.2, 0) is 12.8 Å². The average Bonchev–Trinajstić information content (AvgIpc) is 2.92. The molecule has 1 N–H and O–H groups in total. The number of thiazole rings is 1. The normalized spacial score (nSPS) is 14.0. The molecule has 24 heavy (non-hydrogen) atoms. The van der Waals surface area contributed by atoms with E-state index in [2.05, 4.69) is 6.07 Å². The summed E-state index contributed by atoms with van der Waals surface area (Å²) in [6.07, 6.45) is 3.92. The van der Waals surface area contributed by atoms with Gasteiger partial charge < -0.3 is 4.74 Å². The van der Waals surface area contributed by atoms with Crippen LogP contribution in [0.1, 0.15) is 39.8 Å². The Bertz CT molecular complexity index is 833. The van der Waals surface area contributed by atoms with Gasteiger partial charge in [-0.25, -0.2) is 0 Å². The highest BCUT2D eigenvalue weighted by molar-refractivity contribution is 8.93. The van der Waals surface area contributed by atoms with Gasteiger partial charge in [-0.2, -0.15) is 5.26 Å². The number of nitrogens with zero attached hydrogens (tertiary/aromatic N) is 2. The lowest BCUT2D eigenvalue weighted by Gasteiger charge is -2.17. The number of nitriles is 1. The monoisotopic (exact) mass is 407 g/mol. The van der Waals surface area contributed by atoms with Crippen molar-refractivity contribution in [3.63, 3.8) is 0 Å². The summed E-state index contributed by atoms with van der Waals surface area (Å²) in [6, 6.07) is 7.85. The molecular weight excluding hydrogens is 390 g/mol. The van der Waals surface area contributed by atoms with E-state index in [1.807, 2.05) is 0 Å². The Kier molecular flexibility index (Phi) is 5.97. The number of methoxy groups -OCH3 is 1. The summed E-state index contributed by atoms with van der Waals surface area (Å²) in [5, 5.41) is 17.7. The van der Waals surface area contributed by atoms with Crippen molar-refractivity contribution in [2.24, 2.45) is 0 Å². The van der Waals surface area contributed by atoms with E-state index in [-0.39, 0.29) is 27.6 Å². The average molecular weight is 408 g/mol. The molecule has 1 aromatic carbocycles. The third kappa shape index (κ3) is 3.30. The number of nitrogens with one attached hydrogen (secondary N) is 1. The first-order chi connectivity index (χ1) is 11.2. The molecule has 0 fully saturated rings. The molecule has 1 unspecified atom stereocenters. The van der Waals surface area contributed by atoms with Crippen LogP contribution in [0.4, 0.5) is 0 Å². The van der Waals surface area contributed by atoms with Crippen LogP contribution in [0.25, 0.3) is 0 Å². The number of aryl methyl sites for hydroxylation is 1. The Morgan fingerprint density at radius 1 is 1.33 bits per heavy atom. The zero-order valence-electron chi connectivity index (χ0n) is 13.2. The molecule has 5 nitrogen and oxygen atoms in total. The molecule has 0 aliphatic heterocycles. The van der Waals surface area contributed by atoms with E-state index in [1.165, 1.54) is 11.3 Å². The quantitative estimate of drug-likeness (QED) is 0.788.